The van der Waals surface area contributed by atoms with Crippen LogP contribution in [-0.2, 0) is 4.74 Å². The summed E-state index contributed by atoms with van der Waals surface area (Å²) in [6, 6.07) is 9.73. The van der Waals surface area contributed by atoms with Crippen molar-refractivity contribution in [2.75, 3.05) is 19.0 Å². The van der Waals surface area contributed by atoms with Crippen LogP contribution < -0.4 is 4.74 Å². The summed E-state index contributed by atoms with van der Waals surface area (Å²) in [5, 5.41) is 0.788. The molecule has 1 rings (SSSR count). The zero-order valence-corrected chi connectivity index (χ0v) is 9.16. The molecule has 0 heterocycles. The van der Waals surface area contributed by atoms with Crippen LogP contribution in [0.3, 0.4) is 0 Å². The third-order valence-electron chi connectivity index (χ3n) is 1.68. The van der Waals surface area contributed by atoms with Gasteiger partial charge in [0.05, 0.1) is 0 Å². The molecule has 1 aromatic rings. The molecule has 2 nitrogen and oxygen atoms in total. The summed E-state index contributed by atoms with van der Waals surface area (Å²) in [5.41, 5.74) is 0. The standard InChI is InChI=1S/C10H13BrO2/c1-12-10(7-11)8-13-9-5-3-2-4-6-9/h2-6,10H,7-8H2,1H3. The zero-order chi connectivity index (χ0) is 9.52. The summed E-state index contributed by atoms with van der Waals surface area (Å²) >= 11 is 3.34. The zero-order valence-electron chi connectivity index (χ0n) is 7.57. The van der Waals surface area contributed by atoms with Crippen LogP contribution >= 0.6 is 15.9 Å². The number of hydrogen-bond acceptors (Lipinski definition) is 2. The first-order chi connectivity index (χ1) is 6.36. The van der Waals surface area contributed by atoms with Crippen LogP contribution in [0.5, 0.6) is 5.75 Å². The van der Waals surface area contributed by atoms with E-state index in [9.17, 15) is 0 Å². The minimum atomic E-state index is 0.111. The van der Waals surface area contributed by atoms with Crippen molar-refractivity contribution in [1.82, 2.24) is 0 Å². The summed E-state index contributed by atoms with van der Waals surface area (Å²) in [6.07, 6.45) is 0.111. The molecular weight excluding hydrogens is 232 g/mol. The molecule has 0 aliphatic heterocycles. The van der Waals surface area contributed by atoms with Crippen LogP contribution in [-0.4, -0.2) is 25.2 Å². The number of para-hydroxylation sites is 1. The molecule has 0 aliphatic carbocycles. The molecule has 13 heavy (non-hydrogen) atoms. The van der Waals surface area contributed by atoms with Crippen LogP contribution in [0, 0.1) is 0 Å². The lowest BCUT2D eigenvalue weighted by Crippen LogP contribution is -2.21. The predicted molar refractivity (Wildman–Crippen MR) is 56.5 cm³/mol. The van der Waals surface area contributed by atoms with Gasteiger partial charge >= 0.3 is 0 Å². The molecule has 0 radical (unpaired) electrons. The van der Waals surface area contributed by atoms with Gasteiger partial charge < -0.3 is 9.47 Å². The van der Waals surface area contributed by atoms with E-state index in [4.69, 9.17) is 9.47 Å². The van der Waals surface area contributed by atoms with Gasteiger partial charge in [-0.3, -0.25) is 0 Å². The van der Waals surface area contributed by atoms with E-state index >= 15 is 0 Å². The molecule has 0 saturated heterocycles. The van der Waals surface area contributed by atoms with E-state index in [-0.39, 0.29) is 6.10 Å². The Balaban J connectivity index is 2.34. The second kappa shape index (κ2) is 6.00. The van der Waals surface area contributed by atoms with Crippen LogP contribution in [0.1, 0.15) is 0 Å². The van der Waals surface area contributed by atoms with E-state index in [1.54, 1.807) is 7.11 Å². The molecule has 0 spiro atoms. The molecule has 1 unspecified atom stereocenters. The van der Waals surface area contributed by atoms with Gasteiger partial charge in [0.15, 0.2) is 0 Å². The number of alkyl halides is 1. The Morgan fingerprint density at radius 2 is 2.00 bits per heavy atom. The Bertz CT molecular complexity index is 222. The monoisotopic (exact) mass is 244 g/mol. The molecule has 0 aliphatic rings. The quantitative estimate of drug-likeness (QED) is 0.742. The fraction of sp³-hybridized carbons (Fsp3) is 0.400. The molecule has 0 amide bonds. The molecule has 3 heteroatoms. The van der Waals surface area contributed by atoms with E-state index in [1.807, 2.05) is 30.3 Å². The summed E-state index contributed by atoms with van der Waals surface area (Å²) in [6.45, 7) is 0.575. The molecule has 1 aromatic carbocycles. The number of methoxy groups -OCH3 is 1. The highest BCUT2D eigenvalue weighted by molar-refractivity contribution is 9.09. The van der Waals surface area contributed by atoms with Crippen molar-refractivity contribution in [2.24, 2.45) is 0 Å². The fourth-order valence-corrected chi connectivity index (χ4v) is 1.33. The summed E-state index contributed by atoms with van der Waals surface area (Å²) < 4.78 is 10.6. The summed E-state index contributed by atoms with van der Waals surface area (Å²) in [7, 11) is 1.68. The highest BCUT2D eigenvalue weighted by Gasteiger charge is 2.05. The van der Waals surface area contributed by atoms with Crippen molar-refractivity contribution in [2.45, 2.75) is 6.10 Å². The van der Waals surface area contributed by atoms with Crippen LogP contribution in [0.25, 0.3) is 0 Å². The topological polar surface area (TPSA) is 18.5 Å². The smallest absolute Gasteiger partial charge is 0.119 e. The molecule has 0 saturated carbocycles. The Labute approximate surface area is 87.0 Å². The highest BCUT2D eigenvalue weighted by Crippen LogP contribution is 2.09. The molecule has 0 aromatic heterocycles. The minimum Gasteiger partial charge on any atom is -0.491 e. The number of hydrogen-bond donors (Lipinski definition) is 0. The molecule has 72 valence electrons. The maximum absolute atomic E-state index is 5.49. The Hall–Kier alpha value is -0.540. The molecule has 0 bridgehead atoms. The SMILES string of the molecule is COC(CBr)COc1ccccc1. The summed E-state index contributed by atoms with van der Waals surface area (Å²) in [4.78, 5) is 0. The fourth-order valence-electron chi connectivity index (χ4n) is 0.881. The average Bonchev–Trinajstić information content (AvgIpc) is 2.21. The van der Waals surface area contributed by atoms with Gasteiger partial charge in [-0.15, -0.1) is 0 Å². The molecule has 0 N–H and O–H groups in total. The second-order valence-corrected chi connectivity index (χ2v) is 3.28. The van der Waals surface area contributed by atoms with Gasteiger partial charge in [0, 0.05) is 12.4 Å². The van der Waals surface area contributed by atoms with Gasteiger partial charge in [-0.1, -0.05) is 34.1 Å². The summed E-state index contributed by atoms with van der Waals surface area (Å²) in [5.74, 6) is 0.880. The van der Waals surface area contributed by atoms with E-state index in [1.165, 1.54) is 0 Å². The third-order valence-corrected chi connectivity index (χ3v) is 2.41. The minimum absolute atomic E-state index is 0.111. The Morgan fingerprint density at radius 3 is 2.54 bits per heavy atom. The first-order valence-electron chi connectivity index (χ1n) is 4.13. The molecule has 0 fully saturated rings. The van der Waals surface area contributed by atoms with Gasteiger partial charge in [0.25, 0.3) is 0 Å². The third kappa shape index (κ3) is 3.79. The van der Waals surface area contributed by atoms with Crippen LogP contribution in [0.4, 0.5) is 0 Å². The maximum Gasteiger partial charge on any atom is 0.119 e. The number of benzene rings is 1. The van der Waals surface area contributed by atoms with Gasteiger partial charge in [-0.05, 0) is 12.1 Å². The predicted octanol–water partition coefficient (Wildman–Crippen LogP) is 2.48. The highest BCUT2D eigenvalue weighted by atomic mass is 79.9. The van der Waals surface area contributed by atoms with Crippen molar-refractivity contribution in [3.05, 3.63) is 30.3 Å². The van der Waals surface area contributed by atoms with Crippen molar-refractivity contribution in [3.8, 4) is 5.75 Å². The first kappa shape index (κ1) is 10.5. The number of rotatable bonds is 5. The lowest BCUT2D eigenvalue weighted by Gasteiger charge is -2.13. The van der Waals surface area contributed by atoms with Crippen molar-refractivity contribution in [1.29, 1.82) is 0 Å². The lowest BCUT2D eigenvalue weighted by atomic mass is 10.3. The van der Waals surface area contributed by atoms with Gasteiger partial charge in [0.1, 0.15) is 18.5 Å². The Kier molecular flexibility index (Phi) is 4.86. The van der Waals surface area contributed by atoms with Crippen LogP contribution in [0.2, 0.25) is 0 Å². The van der Waals surface area contributed by atoms with Gasteiger partial charge in [-0.25, -0.2) is 0 Å². The van der Waals surface area contributed by atoms with Crippen molar-refractivity contribution >= 4 is 15.9 Å². The Morgan fingerprint density at radius 1 is 1.31 bits per heavy atom. The first-order valence-corrected chi connectivity index (χ1v) is 5.25. The van der Waals surface area contributed by atoms with E-state index in [2.05, 4.69) is 15.9 Å². The number of ether oxygens (including phenoxy) is 2. The lowest BCUT2D eigenvalue weighted by molar-refractivity contribution is 0.0758. The van der Waals surface area contributed by atoms with Gasteiger partial charge in [-0.2, -0.15) is 0 Å². The largest absolute Gasteiger partial charge is 0.491 e. The van der Waals surface area contributed by atoms with E-state index < -0.39 is 0 Å². The van der Waals surface area contributed by atoms with Crippen molar-refractivity contribution in [3.63, 3.8) is 0 Å². The van der Waals surface area contributed by atoms with Crippen LogP contribution in [0.15, 0.2) is 30.3 Å². The maximum atomic E-state index is 5.49. The van der Waals surface area contributed by atoms with E-state index in [0.29, 0.717) is 6.61 Å². The van der Waals surface area contributed by atoms with E-state index in [0.717, 1.165) is 11.1 Å². The molecule has 1 atom stereocenters. The average molecular weight is 245 g/mol. The normalized spacial score (nSPS) is 12.5. The van der Waals surface area contributed by atoms with Crippen molar-refractivity contribution < 1.29 is 9.47 Å². The number of halogens is 1. The second-order valence-electron chi connectivity index (χ2n) is 2.64. The van der Waals surface area contributed by atoms with Gasteiger partial charge in [0.2, 0.25) is 0 Å². The molecular formula is C10H13BrO2.